The van der Waals surface area contributed by atoms with Crippen molar-refractivity contribution in [2.24, 2.45) is 0 Å². The molecule has 1 unspecified atom stereocenters. The fourth-order valence-electron chi connectivity index (χ4n) is 3.88. The van der Waals surface area contributed by atoms with Crippen LogP contribution in [0.2, 0.25) is 0 Å². The summed E-state index contributed by atoms with van der Waals surface area (Å²) in [5.74, 6) is 0.946. The van der Waals surface area contributed by atoms with E-state index in [-0.39, 0.29) is 11.8 Å². The molecule has 0 aromatic heterocycles. The van der Waals surface area contributed by atoms with Gasteiger partial charge in [0.1, 0.15) is 6.04 Å². The van der Waals surface area contributed by atoms with Gasteiger partial charge >= 0.3 is 0 Å². The van der Waals surface area contributed by atoms with Gasteiger partial charge in [-0.3, -0.25) is 9.59 Å². The van der Waals surface area contributed by atoms with Crippen LogP contribution < -0.4 is 5.32 Å². The number of rotatable bonds is 11. The number of aryl methyl sites for hydroxylation is 2. The molecule has 0 fully saturated rings. The second-order valence-corrected chi connectivity index (χ2v) is 9.57. The lowest BCUT2D eigenvalue weighted by atomic mass is 10.0. The lowest BCUT2D eigenvalue weighted by molar-refractivity contribution is -0.139. The van der Waals surface area contributed by atoms with Gasteiger partial charge in [-0.2, -0.15) is 0 Å². The van der Waals surface area contributed by atoms with Crippen LogP contribution in [0.4, 0.5) is 0 Å². The standard InChI is InChI=1S/C29H34N2O2S/c1-4-30-29(33)27(18-24-10-6-5-7-11-24)31(19-25-15-13-22(2)14-16-25)28(32)21-34-20-26-12-8-9-23(3)17-26/h5-17,27H,4,18-21H2,1-3H3,(H,30,33). The van der Waals surface area contributed by atoms with Gasteiger partial charge in [0.2, 0.25) is 11.8 Å². The molecule has 0 aliphatic heterocycles. The molecule has 1 atom stereocenters. The molecular formula is C29H34N2O2S. The van der Waals surface area contributed by atoms with Gasteiger partial charge in [-0.25, -0.2) is 0 Å². The third-order valence-electron chi connectivity index (χ3n) is 5.67. The first-order valence-electron chi connectivity index (χ1n) is 11.8. The number of likely N-dealkylation sites (N-methyl/N-ethyl adjacent to an activating group) is 1. The number of hydrogen-bond donors (Lipinski definition) is 1. The van der Waals surface area contributed by atoms with Gasteiger partial charge in [-0.05, 0) is 37.5 Å². The minimum Gasteiger partial charge on any atom is -0.355 e. The highest BCUT2D eigenvalue weighted by Gasteiger charge is 2.30. The van der Waals surface area contributed by atoms with Crippen molar-refractivity contribution in [2.45, 2.75) is 45.5 Å². The van der Waals surface area contributed by atoms with Crippen LogP contribution in [-0.4, -0.2) is 35.1 Å². The Kier molecular flexibility index (Phi) is 9.77. The zero-order chi connectivity index (χ0) is 24.3. The third-order valence-corrected chi connectivity index (χ3v) is 6.66. The number of amides is 2. The molecule has 178 valence electrons. The lowest BCUT2D eigenvalue weighted by Crippen LogP contribution is -2.51. The van der Waals surface area contributed by atoms with Crippen molar-refractivity contribution in [1.29, 1.82) is 0 Å². The molecule has 3 rings (SSSR count). The number of thioether (sulfide) groups is 1. The second-order valence-electron chi connectivity index (χ2n) is 8.59. The fourth-order valence-corrected chi connectivity index (χ4v) is 4.73. The first kappa shape index (κ1) is 25.6. The van der Waals surface area contributed by atoms with E-state index in [9.17, 15) is 9.59 Å². The molecule has 0 spiro atoms. The molecule has 3 aromatic carbocycles. The van der Waals surface area contributed by atoms with Crippen molar-refractivity contribution in [2.75, 3.05) is 12.3 Å². The quantitative estimate of drug-likeness (QED) is 0.410. The molecular weight excluding hydrogens is 440 g/mol. The van der Waals surface area contributed by atoms with Crippen LogP contribution in [0.5, 0.6) is 0 Å². The Labute approximate surface area is 207 Å². The first-order chi connectivity index (χ1) is 16.5. The molecule has 3 aromatic rings. The molecule has 0 aliphatic rings. The summed E-state index contributed by atoms with van der Waals surface area (Å²) in [5.41, 5.74) is 5.63. The summed E-state index contributed by atoms with van der Waals surface area (Å²) in [5, 5.41) is 2.94. The van der Waals surface area contributed by atoms with E-state index in [4.69, 9.17) is 0 Å². The normalized spacial score (nSPS) is 11.6. The summed E-state index contributed by atoms with van der Waals surface area (Å²) in [4.78, 5) is 28.5. The molecule has 5 heteroatoms. The highest BCUT2D eigenvalue weighted by molar-refractivity contribution is 7.99. The van der Waals surface area contributed by atoms with E-state index in [0.29, 0.717) is 25.3 Å². The van der Waals surface area contributed by atoms with Crippen molar-refractivity contribution < 1.29 is 9.59 Å². The largest absolute Gasteiger partial charge is 0.355 e. The van der Waals surface area contributed by atoms with Crippen LogP contribution in [0.3, 0.4) is 0 Å². The summed E-state index contributed by atoms with van der Waals surface area (Å²) in [6.07, 6.45) is 0.479. The van der Waals surface area contributed by atoms with E-state index in [1.165, 1.54) is 16.7 Å². The Morgan fingerprint density at radius 2 is 1.56 bits per heavy atom. The minimum atomic E-state index is -0.573. The van der Waals surface area contributed by atoms with E-state index >= 15 is 0 Å². The van der Waals surface area contributed by atoms with Gasteiger partial charge < -0.3 is 10.2 Å². The van der Waals surface area contributed by atoms with Crippen LogP contribution in [0, 0.1) is 13.8 Å². The Hall–Kier alpha value is -3.05. The maximum atomic E-state index is 13.5. The van der Waals surface area contributed by atoms with Crippen molar-refractivity contribution in [3.05, 3.63) is 107 Å². The monoisotopic (exact) mass is 474 g/mol. The SMILES string of the molecule is CCNC(=O)C(Cc1ccccc1)N(Cc1ccc(C)cc1)C(=O)CSCc1cccc(C)c1. The zero-order valence-corrected chi connectivity index (χ0v) is 21.1. The Balaban J connectivity index is 1.81. The summed E-state index contributed by atoms with van der Waals surface area (Å²) < 4.78 is 0. The molecule has 1 N–H and O–H groups in total. The zero-order valence-electron chi connectivity index (χ0n) is 20.3. The first-order valence-corrected chi connectivity index (χ1v) is 12.9. The average Bonchev–Trinajstić information content (AvgIpc) is 2.83. The van der Waals surface area contributed by atoms with Gasteiger partial charge in [0.05, 0.1) is 5.75 Å². The van der Waals surface area contributed by atoms with Crippen molar-refractivity contribution in [3.8, 4) is 0 Å². The molecule has 0 bridgehead atoms. The average molecular weight is 475 g/mol. The van der Waals surface area contributed by atoms with E-state index in [1.807, 2.05) is 74.5 Å². The van der Waals surface area contributed by atoms with Gasteiger partial charge in [-0.1, -0.05) is 90.0 Å². The smallest absolute Gasteiger partial charge is 0.243 e. The number of carbonyl (C=O) groups excluding carboxylic acids is 2. The molecule has 0 radical (unpaired) electrons. The van der Waals surface area contributed by atoms with Crippen LogP contribution in [0.15, 0.2) is 78.9 Å². The Bertz CT molecular complexity index is 1070. The van der Waals surface area contributed by atoms with E-state index in [1.54, 1.807) is 16.7 Å². The number of carbonyl (C=O) groups is 2. The second kappa shape index (κ2) is 13.0. The molecule has 34 heavy (non-hydrogen) atoms. The molecule has 0 saturated heterocycles. The number of nitrogens with one attached hydrogen (secondary N) is 1. The highest BCUT2D eigenvalue weighted by atomic mass is 32.2. The third kappa shape index (κ3) is 7.77. The molecule has 0 aliphatic carbocycles. The summed E-state index contributed by atoms with van der Waals surface area (Å²) in [6, 6.07) is 25.8. The number of nitrogens with zero attached hydrogens (tertiary/aromatic N) is 1. The van der Waals surface area contributed by atoms with Crippen molar-refractivity contribution in [3.63, 3.8) is 0 Å². The molecule has 4 nitrogen and oxygen atoms in total. The molecule has 2 amide bonds. The maximum Gasteiger partial charge on any atom is 0.243 e. The van der Waals surface area contributed by atoms with Gasteiger partial charge in [-0.15, -0.1) is 11.8 Å². The van der Waals surface area contributed by atoms with E-state index < -0.39 is 6.04 Å². The predicted octanol–water partition coefficient (Wildman–Crippen LogP) is 5.31. The highest BCUT2D eigenvalue weighted by Crippen LogP contribution is 2.19. The Morgan fingerprint density at radius 1 is 0.853 bits per heavy atom. The molecule has 0 saturated carbocycles. The number of benzene rings is 3. The van der Waals surface area contributed by atoms with Gasteiger partial charge in [0, 0.05) is 25.3 Å². The topological polar surface area (TPSA) is 49.4 Å². The van der Waals surface area contributed by atoms with Crippen molar-refractivity contribution in [1.82, 2.24) is 10.2 Å². The fraction of sp³-hybridized carbons (Fsp3) is 0.310. The van der Waals surface area contributed by atoms with Crippen LogP contribution in [0.25, 0.3) is 0 Å². The van der Waals surface area contributed by atoms with Crippen molar-refractivity contribution >= 4 is 23.6 Å². The summed E-state index contributed by atoms with van der Waals surface area (Å²) in [6.45, 7) is 6.95. The predicted molar refractivity (Wildman–Crippen MR) is 142 cm³/mol. The van der Waals surface area contributed by atoms with Gasteiger partial charge in [0.15, 0.2) is 0 Å². The summed E-state index contributed by atoms with van der Waals surface area (Å²) in [7, 11) is 0. The van der Waals surface area contributed by atoms with Crippen LogP contribution >= 0.6 is 11.8 Å². The molecule has 0 heterocycles. The summed E-state index contributed by atoms with van der Waals surface area (Å²) >= 11 is 1.59. The minimum absolute atomic E-state index is 0.0228. The van der Waals surface area contributed by atoms with E-state index in [0.717, 1.165) is 16.9 Å². The van der Waals surface area contributed by atoms with Crippen LogP contribution in [-0.2, 0) is 28.3 Å². The maximum absolute atomic E-state index is 13.5. The van der Waals surface area contributed by atoms with E-state index in [2.05, 4.69) is 30.4 Å². The van der Waals surface area contributed by atoms with Gasteiger partial charge in [0.25, 0.3) is 0 Å². The number of hydrogen-bond acceptors (Lipinski definition) is 3. The Morgan fingerprint density at radius 3 is 2.24 bits per heavy atom. The lowest BCUT2D eigenvalue weighted by Gasteiger charge is -2.31. The van der Waals surface area contributed by atoms with Crippen LogP contribution in [0.1, 0.15) is 34.7 Å².